The molecule has 0 amide bonds. The number of carbonyl (C=O) groups is 1. The molecule has 2 heterocycles. The number of sulfonamides is 1. The zero-order valence-electron chi connectivity index (χ0n) is 12.8. The molecule has 0 aliphatic carbocycles. The average molecular weight is 364 g/mol. The summed E-state index contributed by atoms with van der Waals surface area (Å²) in [7, 11) is -4.25. The fraction of sp³-hybridized carbons (Fsp3) is 0.125. The molecule has 1 aromatic carbocycles. The molecule has 9 heteroatoms. The highest BCUT2D eigenvalue weighted by molar-refractivity contribution is 7.89. The first-order valence-electron chi connectivity index (χ1n) is 7.17. The van der Waals surface area contributed by atoms with Crippen molar-refractivity contribution in [2.75, 3.05) is 6.54 Å². The lowest BCUT2D eigenvalue weighted by Gasteiger charge is -2.18. The van der Waals surface area contributed by atoms with Crippen LogP contribution in [0.3, 0.4) is 0 Å². The van der Waals surface area contributed by atoms with Gasteiger partial charge in [-0.25, -0.2) is 12.8 Å². The van der Waals surface area contributed by atoms with Gasteiger partial charge in [-0.1, -0.05) is 6.07 Å². The van der Waals surface area contributed by atoms with E-state index in [0.717, 1.165) is 16.4 Å². The van der Waals surface area contributed by atoms with Gasteiger partial charge in [0.1, 0.15) is 17.9 Å². The second-order valence-electron chi connectivity index (χ2n) is 5.24. The summed E-state index contributed by atoms with van der Waals surface area (Å²) < 4.78 is 44.8. The van der Waals surface area contributed by atoms with Gasteiger partial charge in [0.05, 0.1) is 12.2 Å². The SMILES string of the molecule is O=C(O)CN(Cc1ccccn1)S(=O)(=O)c1cc2cc(F)ccc2o1. The molecular formula is C16H13FN2O5S. The summed E-state index contributed by atoms with van der Waals surface area (Å²) in [5.74, 6) is -1.85. The molecule has 2 aromatic heterocycles. The molecule has 25 heavy (non-hydrogen) atoms. The number of aliphatic carboxylic acids is 1. The number of hydrogen-bond acceptors (Lipinski definition) is 5. The largest absolute Gasteiger partial charge is 0.480 e. The first-order chi connectivity index (χ1) is 11.9. The number of furan rings is 1. The van der Waals surface area contributed by atoms with Crippen LogP contribution in [-0.4, -0.2) is 35.3 Å². The van der Waals surface area contributed by atoms with E-state index in [0.29, 0.717) is 5.69 Å². The third-order valence-electron chi connectivity index (χ3n) is 3.43. The minimum atomic E-state index is -4.25. The van der Waals surface area contributed by atoms with Crippen LogP contribution >= 0.6 is 0 Å². The standard InChI is InChI=1S/C16H13FN2O5S/c17-12-4-5-14-11(7-12)8-16(24-14)25(22,23)19(10-15(20)21)9-13-3-1-2-6-18-13/h1-8H,9-10H2,(H,20,21). The number of carboxylic acids is 1. The molecule has 1 N–H and O–H groups in total. The lowest BCUT2D eigenvalue weighted by atomic mass is 10.2. The molecule has 3 aromatic rings. The fourth-order valence-electron chi connectivity index (χ4n) is 2.29. The predicted molar refractivity (Wildman–Crippen MR) is 85.6 cm³/mol. The second kappa shape index (κ2) is 6.61. The van der Waals surface area contributed by atoms with Crippen molar-refractivity contribution in [3.63, 3.8) is 0 Å². The van der Waals surface area contributed by atoms with Crippen LogP contribution in [0.4, 0.5) is 4.39 Å². The zero-order chi connectivity index (χ0) is 18.0. The minimum absolute atomic E-state index is 0.188. The van der Waals surface area contributed by atoms with Gasteiger partial charge in [-0.2, -0.15) is 4.31 Å². The predicted octanol–water partition coefficient (Wildman–Crippen LogP) is 2.24. The van der Waals surface area contributed by atoms with E-state index in [1.54, 1.807) is 18.2 Å². The first kappa shape index (κ1) is 17.1. The van der Waals surface area contributed by atoms with Gasteiger partial charge in [-0.05, 0) is 30.3 Å². The molecule has 0 atom stereocenters. The Balaban J connectivity index is 2.00. The number of nitrogens with zero attached hydrogens (tertiary/aromatic N) is 2. The number of halogens is 1. The van der Waals surface area contributed by atoms with Gasteiger partial charge in [0.15, 0.2) is 0 Å². The highest BCUT2D eigenvalue weighted by atomic mass is 32.2. The van der Waals surface area contributed by atoms with Gasteiger partial charge in [0, 0.05) is 17.6 Å². The Hall–Kier alpha value is -2.78. The van der Waals surface area contributed by atoms with Crippen LogP contribution in [0.2, 0.25) is 0 Å². The number of benzene rings is 1. The van der Waals surface area contributed by atoms with Crippen LogP contribution in [0, 0.1) is 5.82 Å². The molecule has 0 unspecified atom stereocenters. The summed E-state index contributed by atoms with van der Waals surface area (Å²) in [6, 6.07) is 9.66. The number of pyridine rings is 1. The van der Waals surface area contributed by atoms with Crippen LogP contribution in [0.5, 0.6) is 0 Å². The lowest BCUT2D eigenvalue weighted by Crippen LogP contribution is -2.35. The van der Waals surface area contributed by atoms with E-state index in [4.69, 9.17) is 9.52 Å². The first-order valence-corrected chi connectivity index (χ1v) is 8.61. The van der Waals surface area contributed by atoms with Gasteiger partial charge in [0.2, 0.25) is 5.09 Å². The maximum atomic E-state index is 13.3. The monoisotopic (exact) mass is 364 g/mol. The van der Waals surface area contributed by atoms with Crippen molar-refractivity contribution in [3.8, 4) is 0 Å². The summed E-state index contributed by atoms with van der Waals surface area (Å²) in [5.41, 5.74) is 0.572. The van der Waals surface area contributed by atoms with Crippen molar-refractivity contribution in [2.45, 2.75) is 11.6 Å². The summed E-state index contributed by atoms with van der Waals surface area (Å²) in [6.45, 7) is -0.995. The van der Waals surface area contributed by atoms with E-state index in [9.17, 15) is 17.6 Å². The van der Waals surface area contributed by atoms with Crippen molar-refractivity contribution in [3.05, 3.63) is 60.2 Å². The third kappa shape index (κ3) is 3.67. The Morgan fingerprint density at radius 2 is 2.04 bits per heavy atom. The molecule has 130 valence electrons. The highest BCUT2D eigenvalue weighted by Gasteiger charge is 2.30. The Labute approximate surface area is 142 Å². The van der Waals surface area contributed by atoms with E-state index >= 15 is 0 Å². The van der Waals surface area contributed by atoms with E-state index in [-0.39, 0.29) is 17.5 Å². The van der Waals surface area contributed by atoms with Crippen molar-refractivity contribution >= 4 is 27.0 Å². The third-order valence-corrected chi connectivity index (χ3v) is 5.07. The van der Waals surface area contributed by atoms with Crippen molar-refractivity contribution in [1.29, 1.82) is 0 Å². The van der Waals surface area contributed by atoms with Crippen molar-refractivity contribution in [2.24, 2.45) is 0 Å². The van der Waals surface area contributed by atoms with Crippen LogP contribution in [0.15, 0.2) is 58.2 Å². The molecule has 7 nitrogen and oxygen atoms in total. The molecule has 0 radical (unpaired) electrons. The topological polar surface area (TPSA) is 101 Å². The summed E-state index contributed by atoms with van der Waals surface area (Å²) in [4.78, 5) is 15.1. The van der Waals surface area contributed by atoms with Crippen LogP contribution in [0.1, 0.15) is 5.69 Å². The number of hydrogen-bond donors (Lipinski definition) is 1. The quantitative estimate of drug-likeness (QED) is 0.720. The van der Waals surface area contributed by atoms with Gasteiger partial charge >= 0.3 is 5.97 Å². The van der Waals surface area contributed by atoms with Crippen LogP contribution < -0.4 is 0 Å². The van der Waals surface area contributed by atoms with Crippen molar-refractivity contribution < 1.29 is 27.1 Å². The fourth-order valence-corrected chi connectivity index (χ4v) is 3.60. The van der Waals surface area contributed by atoms with Crippen molar-refractivity contribution in [1.82, 2.24) is 9.29 Å². The normalized spacial score (nSPS) is 11.9. The number of aromatic nitrogens is 1. The molecule has 3 rings (SSSR count). The molecular weight excluding hydrogens is 351 g/mol. The molecule has 0 saturated heterocycles. The number of rotatable bonds is 6. The van der Waals surface area contributed by atoms with Gasteiger partial charge in [-0.3, -0.25) is 9.78 Å². The zero-order valence-corrected chi connectivity index (χ0v) is 13.6. The highest BCUT2D eigenvalue weighted by Crippen LogP contribution is 2.26. The van der Waals surface area contributed by atoms with Gasteiger partial charge in [-0.15, -0.1) is 0 Å². The molecule has 0 fully saturated rings. The lowest BCUT2D eigenvalue weighted by molar-refractivity contribution is -0.137. The molecule has 0 spiro atoms. The van der Waals surface area contributed by atoms with E-state index in [1.807, 2.05) is 0 Å². The Morgan fingerprint density at radius 3 is 2.72 bits per heavy atom. The summed E-state index contributed by atoms with van der Waals surface area (Å²) in [6.07, 6.45) is 1.48. The summed E-state index contributed by atoms with van der Waals surface area (Å²) in [5, 5.41) is 8.86. The minimum Gasteiger partial charge on any atom is -0.480 e. The Morgan fingerprint density at radius 1 is 1.24 bits per heavy atom. The number of fused-ring (bicyclic) bond motifs is 1. The smallest absolute Gasteiger partial charge is 0.318 e. The molecule has 0 bridgehead atoms. The van der Waals surface area contributed by atoms with E-state index in [1.165, 1.54) is 18.3 Å². The summed E-state index contributed by atoms with van der Waals surface area (Å²) >= 11 is 0. The molecule has 0 saturated carbocycles. The Bertz CT molecular complexity index is 1020. The second-order valence-corrected chi connectivity index (χ2v) is 7.10. The van der Waals surface area contributed by atoms with E-state index in [2.05, 4.69) is 4.98 Å². The molecule has 0 aliphatic rings. The van der Waals surface area contributed by atoms with Crippen LogP contribution in [0.25, 0.3) is 11.0 Å². The number of carboxylic acid groups (broad SMARTS) is 1. The van der Waals surface area contributed by atoms with Gasteiger partial charge in [0.25, 0.3) is 10.0 Å². The average Bonchev–Trinajstić information content (AvgIpc) is 2.98. The Kier molecular flexibility index (Phi) is 4.51. The van der Waals surface area contributed by atoms with Crippen LogP contribution in [-0.2, 0) is 21.4 Å². The maximum absolute atomic E-state index is 13.3. The maximum Gasteiger partial charge on any atom is 0.318 e. The molecule has 0 aliphatic heterocycles. The van der Waals surface area contributed by atoms with Gasteiger partial charge < -0.3 is 9.52 Å². The van der Waals surface area contributed by atoms with E-state index < -0.39 is 33.4 Å².